The van der Waals surface area contributed by atoms with Gasteiger partial charge in [0.15, 0.2) is 0 Å². The van der Waals surface area contributed by atoms with Gasteiger partial charge in [-0.15, -0.1) is 0 Å². The summed E-state index contributed by atoms with van der Waals surface area (Å²) >= 11 is 3.49. The molecule has 2 aromatic carbocycles. The van der Waals surface area contributed by atoms with Gasteiger partial charge >= 0.3 is 6.61 Å². The maximum atomic E-state index is 12.5. The van der Waals surface area contributed by atoms with Gasteiger partial charge in [-0.25, -0.2) is 0 Å². The topological polar surface area (TPSA) is 59.6 Å². The van der Waals surface area contributed by atoms with Crippen LogP contribution < -0.4 is 15.4 Å². The molecule has 0 radical (unpaired) electrons. The molecule has 150 valence electrons. The van der Waals surface area contributed by atoms with Gasteiger partial charge in [0.05, 0.1) is 12.2 Å². The Hall–Kier alpha value is -2.03. The summed E-state index contributed by atoms with van der Waals surface area (Å²) in [6, 6.07) is 14.1. The number of hydrogen-bond acceptors (Lipinski definition) is 4. The lowest BCUT2D eigenvalue weighted by molar-refractivity contribution is -0.116. The van der Waals surface area contributed by atoms with Crippen LogP contribution in [0.15, 0.2) is 53.0 Å². The smallest absolute Gasteiger partial charge is 0.387 e. The minimum absolute atomic E-state index is 0.0233. The van der Waals surface area contributed by atoms with Crippen LogP contribution in [0.5, 0.6) is 5.75 Å². The summed E-state index contributed by atoms with van der Waals surface area (Å²) in [5.74, 6) is -0.412. The molecule has 2 aromatic rings. The summed E-state index contributed by atoms with van der Waals surface area (Å²) in [6.07, 6.45) is 1.45. The van der Waals surface area contributed by atoms with Crippen molar-refractivity contribution in [3.05, 3.63) is 58.6 Å². The lowest BCUT2D eigenvalue weighted by atomic mass is 9.82. The number of alkyl halides is 2. The molecule has 0 aromatic heterocycles. The van der Waals surface area contributed by atoms with E-state index in [1.807, 2.05) is 24.3 Å². The molecular weight excluding hydrogens is 434 g/mol. The first-order valence-corrected chi connectivity index (χ1v) is 9.70. The molecule has 1 fully saturated rings. The van der Waals surface area contributed by atoms with Gasteiger partial charge in [-0.3, -0.25) is 10.1 Å². The zero-order valence-electron chi connectivity index (χ0n) is 15.1. The van der Waals surface area contributed by atoms with Gasteiger partial charge in [-0.2, -0.15) is 8.78 Å². The van der Waals surface area contributed by atoms with Crippen molar-refractivity contribution in [3.63, 3.8) is 0 Å². The molecule has 2 N–H and O–H groups in total. The van der Waals surface area contributed by atoms with E-state index in [2.05, 4.69) is 31.3 Å². The Bertz CT molecular complexity index is 814. The SMILES string of the molecule is O=C(CNC1(c2cccc(Br)c2)CCOCC1)Nc1ccccc1OC(F)F. The first kappa shape index (κ1) is 20.7. The molecule has 1 amide bonds. The largest absolute Gasteiger partial charge is 0.433 e. The highest BCUT2D eigenvalue weighted by Gasteiger charge is 2.34. The lowest BCUT2D eigenvalue weighted by Gasteiger charge is -2.38. The number of benzene rings is 2. The number of hydrogen-bond donors (Lipinski definition) is 2. The predicted octanol–water partition coefficient (Wildman–Crippen LogP) is 4.28. The highest BCUT2D eigenvalue weighted by atomic mass is 79.9. The van der Waals surface area contributed by atoms with Crippen molar-refractivity contribution in [2.45, 2.75) is 25.0 Å². The second-order valence-electron chi connectivity index (χ2n) is 6.48. The lowest BCUT2D eigenvalue weighted by Crippen LogP contribution is -2.49. The third-order valence-electron chi connectivity index (χ3n) is 4.69. The van der Waals surface area contributed by atoms with Crippen LogP contribution in [0.4, 0.5) is 14.5 Å². The summed E-state index contributed by atoms with van der Waals surface area (Å²) in [4.78, 5) is 12.5. The van der Waals surface area contributed by atoms with Crippen molar-refractivity contribution in [1.82, 2.24) is 5.32 Å². The van der Waals surface area contributed by atoms with Crippen LogP contribution in [0.1, 0.15) is 18.4 Å². The fourth-order valence-electron chi connectivity index (χ4n) is 3.29. The second-order valence-corrected chi connectivity index (χ2v) is 7.40. The summed E-state index contributed by atoms with van der Waals surface area (Å²) in [5, 5.41) is 5.99. The number of para-hydroxylation sites is 2. The van der Waals surface area contributed by atoms with Gasteiger partial charge in [-0.1, -0.05) is 40.2 Å². The molecule has 1 heterocycles. The van der Waals surface area contributed by atoms with Gasteiger partial charge in [0, 0.05) is 23.2 Å². The minimum atomic E-state index is -2.96. The average molecular weight is 455 g/mol. The molecule has 0 bridgehead atoms. The minimum Gasteiger partial charge on any atom is -0.433 e. The van der Waals surface area contributed by atoms with Crippen LogP contribution in [0, 0.1) is 0 Å². The Morgan fingerprint density at radius 3 is 2.64 bits per heavy atom. The molecule has 1 aliphatic heterocycles. The maximum absolute atomic E-state index is 12.5. The van der Waals surface area contributed by atoms with E-state index in [0.717, 1.165) is 22.9 Å². The zero-order valence-corrected chi connectivity index (χ0v) is 16.7. The van der Waals surface area contributed by atoms with Crippen molar-refractivity contribution < 1.29 is 23.0 Å². The van der Waals surface area contributed by atoms with E-state index in [4.69, 9.17) is 4.74 Å². The first-order chi connectivity index (χ1) is 13.5. The van der Waals surface area contributed by atoms with E-state index < -0.39 is 12.2 Å². The van der Waals surface area contributed by atoms with Crippen molar-refractivity contribution in [1.29, 1.82) is 0 Å². The molecule has 1 aliphatic rings. The number of halogens is 3. The normalized spacial score (nSPS) is 16.0. The van der Waals surface area contributed by atoms with Crippen LogP contribution in [-0.4, -0.2) is 32.3 Å². The predicted molar refractivity (Wildman–Crippen MR) is 106 cm³/mol. The fourth-order valence-corrected chi connectivity index (χ4v) is 3.69. The Morgan fingerprint density at radius 1 is 1.18 bits per heavy atom. The van der Waals surface area contributed by atoms with Gasteiger partial charge in [0.2, 0.25) is 5.91 Å². The molecule has 1 saturated heterocycles. The van der Waals surface area contributed by atoms with Crippen molar-refractivity contribution in [2.24, 2.45) is 0 Å². The number of anilines is 1. The second kappa shape index (κ2) is 9.45. The van der Waals surface area contributed by atoms with Crippen molar-refractivity contribution >= 4 is 27.5 Å². The summed E-state index contributed by atoms with van der Waals surface area (Å²) in [6.45, 7) is -1.76. The van der Waals surface area contributed by atoms with Crippen LogP contribution in [0.25, 0.3) is 0 Å². The van der Waals surface area contributed by atoms with Gasteiger partial charge < -0.3 is 14.8 Å². The van der Waals surface area contributed by atoms with E-state index >= 15 is 0 Å². The van der Waals surface area contributed by atoms with Crippen LogP contribution >= 0.6 is 15.9 Å². The van der Waals surface area contributed by atoms with Gasteiger partial charge in [-0.05, 0) is 42.7 Å². The molecule has 0 unspecified atom stereocenters. The van der Waals surface area contributed by atoms with E-state index in [1.165, 1.54) is 12.1 Å². The number of nitrogens with one attached hydrogen (secondary N) is 2. The van der Waals surface area contributed by atoms with Crippen LogP contribution in [-0.2, 0) is 15.1 Å². The maximum Gasteiger partial charge on any atom is 0.387 e. The standard InChI is InChI=1S/C20H21BrF2N2O3/c21-15-5-3-4-14(12-15)20(8-10-27-11-9-20)24-13-18(26)25-16-6-1-2-7-17(16)28-19(22)23/h1-7,12,19,24H,8-11,13H2,(H,25,26). The third kappa shape index (κ3) is 5.27. The number of rotatable bonds is 7. The highest BCUT2D eigenvalue weighted by molar-refractivity contribution is 9.10. The van der Waals surface area contributed by atoms with E-state index in [1.54, 1.807) is 12.1 Å². The molecule has 28 heavy (non-hydrogen) atoms. The third-order valence-corrected chi connectivity index (χ3v) is 5.18. The summed E-state index contributed by atoms with van der Waals surface area (Å²) in [7, 11) is 0. The summed E-state index contributed by atoms with van der Waals surface area (Å²) < 4.78 is 36.0. The zero-order chi connectivity index (χ0) is 20.0. The quantitative estimate of drug-likeness (QED) is 0.655. The number of amides is 1. The summed E-state index contributed by atoms with van der Waals surface area (Å²) in [5.41, 5.74) is 0.885. The van der Waals surface area contributed by atoms with E-state index in [0.29, 0.717) is 13.2 Å². The van der Waals surface area contributed by atoms with Gasteiger partial charge in [0.25, 0.3) is 0 Å². The fraction of sp³-hybridized carbons (Fsp3) is 0.350. The molecule has 0 saturated carbocycles. The molecule has 0 atom stereocenters. The number of carbonyl (C=O) groups is 1. The number of carbonyl (C=O) groups excluding carboxylic acids is 1. The molecule has 5 nitrogen and oxygen atoms in total. The van der Waals surface area contributed by atoms with E-state index in [-0.39, 0.29) is 23.9 Å². The molecule has 8 heteroatoms. The molecule has 3 rings (SSSR count). The van der Waals surface area contributed by atoms with Crippen LogP contribution in [0.2, 0.25) is 0 Å². The Kier molecular flexibility index (Phi) is 6.98. The molecular formula is C20H21BrF2N2O3. The first-order valence-electron chi connectivity index (χ1n) is 8.91. The molecule has 0 aliphatic carbocycles. The van der Waals surface area contributed by atoms with Crippen molar-refractivity contribution in [2.75, 3.05) is 25.1 Å². The van der Waals surface area contributed by atoms with E-state index in [9.17, 15) is 13.6 Å². The Labute approximate surface area is 170 Å². The molecule has 0 spiro atoms. The monoisotopic (exact) mass is 454 g/mol. The highest BCUT2D eigenvalue weighted by Crippen LogP contribution is 2.33. The van der Waals surface area contributed by atoms with Crippen LogP contribution in [0.3, 0.4) is 0 Å². The Balaban J connectivity index is 1.70. The van der Waals surface area contributed by atoms with Crippen molar-refractivity contribution in [3.8, 4) is 5.75 Å². The van der Waals surface area contributed by atoms with Gasteiger partial charge in [0.1, 0.15) is 5.75 Å². The average Bonchev–Trinajstić information content (AvgIpc) is 2.68. The Morgan fingerprint density at radius 2 is 1.93 bits per heavy atom. The number of ether oxygens (including phenoxy) is 2.